The van der Waals surface area contributed by atoms with Gasteiger partial charge in [0.05, 0.1) is 18.5 Å². The molecule has 2 atom stereocenters. The standard InChI is InChI=1S/C22H25N3O5/c1-3-4-11-19(26)24-20(15-8-5-6-10-18(15)30-2)16-13-17(25(28)29)14-9-7-12-23-21(14)22(16)27/h5-10,12-13,20,25,27-28H,3-4,11H2,1-2H3,(H,24,26). The number of benzene rings is 2. The minimum Gasteiger partial charge on any atom is -0.595 e. The van der Waals surface area contributed by atoms with E-state index in [-0.39, 0.29) is 28.4 Å². The minimum atomic E-state index is -1.15. The first kappa shape index (κ1) is 21.5. The number of para-hydroxylation sites is 1. The second-order valence-electron chi connectivity index (χ2n) is 6.91. The highest BCUT2D eigenvalue weighted by Gasteiger charge is 2.27. The number of phenolic OH excluding ortho intramolecular Hbond substituents is 1. The van der Waals surface area contributed by atoms with Crippen molar-refractivity contribution in [3.63, 3.8) is 0 Å². The van der Waals surface area contributed by atoms with Crippen LogP contribution in [0.3, 0.4) is 0 Å². The molecule has 0 saturated carbocycles. The van der Waals surface area contributed by atoms with Gasteiger partial charge >= 0.3 is 0 Å². The number of hydrogen-bond donors (Lipinski definition) is 4. The molecular formula is C22H25N3O5. The number of quaternary nitrogens is 1. The van der Waals surface area contributed by atoms with Gasteiger partial charge in [-0.05, 0) is 24.6 Å². The number of unbranched alkanes of at least 4 members (excludes halogenated alkanes) is 1. The molecule has 8 nitrogen and oxygen atoms in total. The normalized spacial score (nSPS) is 13.1. The van der Waals surface area contributed by atoms with Crippen molar-refractivity contribution in [2.24, 2.45) is 0 Å². The molecule has 0 fully saturated rings. The molecule has 0 radical (unpaired) electrons. The molecule has 0 aliphatic carbocycles. The second kappa shape index (κ2) is 9.53. The number of hydrogen-bond acceptors (Lipinski definition) is 6. The summed E-state index contributed by atoms with van der Waals surface area (Å²) >= 11 is 0. The number of nitrogens with zero attached hydrogens (tertiary/aromatic N) is 1. The van der Waals surface area contributed by atoms with E-state index in [0.717, 1.165) is 12.8 Å². The largest absolute Gasteiger partial charge is 0.595 e. The summed E-state index contributed by atoms with van der Waals surface area (Å²) in [6.07, 6.45) is 3.38. The van der Waals surface area contributed by atoms with Crippen molar-refractivity contribution < 1.29 is 25.1 Å². The number of rotatable bonds is 8. The van der Waals surface area contributed by atoms with Crippen molar-refractivity contribution in [1.29, 1.82) is 0 Å². The molecule has 0 aliphatic rings. The van der Waals surface area contributed by atoms with Gasteiger partial charge in [0.1, 0.15) is 17.0 Å². The zero-order valence-electron chi connectivity index (χ0n) is 16.9. The summed E-state index contributed by atoms with van der Waals surface area (Å²) in [5, 5.41) is 34.7. The van der Waals surface area contributed by atoms with E-state index < -0.39 is 11.3 Å². The van der Waals surface area contributed by atoms with E-state index in [9.17, 15) is 20.3 Å². The third kappa shape index (κ3) is 4.35. The fourth-order valence-corrected chi connectivity index (χ4v) is 3.45. The predicted octanol–water partition coefficient (Wildman–Crippen LogP) is 2.75. The van der Waals surface area contributed by atoms with E-state index in [1.165, 1.54) is 19.4 Å². The lowest BCUT2D eigenvalue weighted by Crippen LogP contribution is -2.99. The maximum Gasteiger partial charge on any atom is 0.220 e. The molecule has 1 heterocycles. The van der Waals surface area contributed by atoms with Gasteiger partial charge in [-0.15, -0.1) is 0 Å². The second-order valence-corrected chi connectivity index (χ2v) is 6.91. The SMILES string of the molecule is CCCCC(=O)NC(c1ccccc1OC)c1cc([NH+]([O-])O)c2cccnc2c1O. The summed E-state index contributed by atoms with van der Waals surface area (Å²) in [5.74, 6) is 0.128. The molecule has 0 aliphatic heterocycles. The lowest BCUT2D eigenvalue weighted by atomic mass is 9.94. The Labute approximate surface area is 174 Å². The summed E-state index contributed by atoms with van der Waals surface area (Å²) in [6.45, 7) is 1.99. The molecule has 1 amide bonds. The number of pyridine rings is 1. The Morgan fingerprint density at radius 2 is 2.03 bits per heavy atom. The summed E-state index contributed by atoms with van der Waals surface area (Å²) in [5.41, 5.74) is 1.00. The Hall–Kier alpha value is -3.20. The molecule has 0 spiro atoms. The first-order valence-electron chi connectivity index (χ1n) is 9.74. The van der Waals surface area contributed by atoms with Crippen molar-refractivity contribution in [1.82, 2.24) is 10.3 Å². The molecule has 30 heavy (non-hydrogen) atoms. The summed E-state index contributed by atoms with van der Waals surface area (Å²) < 4.78 is 5.45. The van der Waals surface area contributed by atoms with Gasteiger partial charge in [-0.2, -0.15) is 5.23 Å². The maximum absolute atomic E-state index is 12.6. The number of aromatic hydroxyl groups is 1. The van der Waals surface area contributed by atoms with Crippen LogP contribution in [0.5, 0.6) is 11.5 Å². The number of amides is 1. The number of carbonyl (C=O) groups is 1. The molecule has 3 aromatic rings. The Kier molecular flexibility index (Phi) is 6.83. The van der Waals surface area contributed by atoms with E-state index in [1.807, 2.05) is 6.92 Å². The molecule has 0 bridgehead atoms. The fourth-order valence-electron chi connectivity index (χ4n) is 3.45. The third-order valence-corrected chi connectivity index (χ3v) is 4.95. The van der Waals surface area contributed by atoms with Crippen LogP contribution in [0.1, 0.15) is 43.4 Å². The fraction of sp³-hybridized carbons (Fsp3) is 0.273. The highest BCUT2D eigenvalue weighted by Crippen LogP contribution is 2.39. The Bertz CT molecular complexity index is 1040. The highest BCUT2D eigenvalue weighted by atomic mass is 16.8. The summed E-state index contributed by atoms with van der Waals surface area (Å²) in [7, 11) is 1.51. The van der Waals surface area contributed by atoms with E-state index in [4.69, 9.17) is 4.74 Å². The van der Waals surface area contributed by atoms with Gasteiger partial charge < -0.3 is 20.4 Å². The number of aromatic nitrogens is 1. The van der Waals surface area contributed by atoms with Crippen molar-refractivity contribution in [2.75, 3.05) is 7.11 Å². The Morgan fingerprint density at radius 3 is 2.73 bits per heavy atom. The van der Waals surface area contributed by atoms with E-state index in [2.05, 4.69) is 10.3 Å². The molecule has 0 saturated heterocycles. The molecule has 8 heteroatoms. The summed E-state index contributed by atoms with van der Waals surface area (Å²) in [6, 6.07) is 10.9. The molecule has 158 valence electrons. The monoisotopic (exact) mass is 411 g/mol. The number of nitrogens with one attached hydrogen (secondary N) is 2. The van der Waals surface area contributed by atoms with Crippen LogP contribution in [0.4, 0.5) is 5.69 Å². The predicted molar refractivity (Wildman–Crippen MR) is 112 cm³/mol. The molecule has 3 rings (SSSR count). The molecule has 1 aromatic heterocycles. The van der Waals surface area contributed by atoms with Crippen LogP contribution in [0.15, 0.2) is 48.7 Å². The number of phenols is 1. The van der Waals surface area contributed by atoms with Crippen molar-refractivity contribution in [2.45, 2.75) is 32.2 Å². The van der Waals surface area contributed by atoms with Crippen LogP contribution in [0, 0.1) is 5.21 Å². The van der Waals surface area contributed by atoms with Crippen LogP contribution >= 0.6 is 0 Å². The van der Waals surface area contributed by atoms with Crippen LogP contribution < -0.4 is 15.3 Å². The van der Waals surface area contributed by atoms with Gasteiger partial charge in [-0.3, -0.25) is 9.78 Å². The van der Waals surface area contributed by atoms with Crippen LogP contribution in [0.25, 0.3) is 10.9 Å². The van der Waals surface area contributed by atoms with Crippen molar-refractivity contribution >= 4 is 22.5 Å². The van der Waals surface area contributed by atoms with E-state index in [1.54, 1.807) is 36.4 Å². The molecule has 2 aromatic carbocycles. The third-order valence-electron chi connectivity index (χ3n) is 4.95. The topological polar surface area (TPSA) is 119 Å². The number of methoxy groups -OCH3 is 1. The first-order chi connectivity index (χ1) is 14.5. The average molecular weight is 411 g/mol. The number of fused-ring (bicyclic) bond motifs is 1. The van der Waals surface area contributed by atoms with Crippen LogP contribution in [0.2, 0.25) is 0 Å². The molecule has 4 N–H and O–H groups in total. The molecular weight excluding hydrogens is 386 g/mol. The minimum absolute atomic E-state index is 0.00592. The molecule has 2 unspecified atom stereocenters. The van der Waals surface area contributed by atoms with E-state index in [0.29, 0.717) is 23.1 Å². The van der Waals surface area contributed by atoms with E-state index >= 15 is 0 Å². The average Bonchev–Trinajstić information content (AvgIpc) is 2.76. The maximum atomic E-state index is 12.6. The van der Waals surface area contributed by atoms with Gasteiger partial charge in [0.15, 0.2) is 5.69 Å². The van der Waals surface area contributed by atoms with Gasteiger partial charge in [0, 0.05) is 29.8 Å². The van der Waals surface area contributed by atoms with Gasteiger partial charge in [0.2, 0.25) is 5.91 Å². The van der Waals surface area contributed by atoms with Crippen molar-refractivity contribution in [3.8, 4) is 11.5 Å². The lowest BCUT2D eigenvalue weighted by Gasteiger charge is -2.24. The smallest absolute Gasteiger partial charge is 0.220 e. The first-order valence-corrected chi connectivity index (χ1v) is 9.74. The summed E-state index contributed by atoms with van der Waals surface area (Å²) in [4.78, 5) is 16.8. The zero-order chi connectivity index (χ0) is 21.7. The number of carbonyl (C=O) groups excluding carboxylic acids is 1. The van der Waals surface area contributed by atoms with Crippen molar-refractivity contribution in [3.05, 3.63) is 65.0 Å². The van der Waals surface area contributed by atoms with Gasteiger partial charge in [-0.25, -0.2) is 5.21 Å². The quantitative estimate of drug-likeness (QED) is 0.334. The Morgan fingerprint density at radius 1 is 1.27 bits per heavy atom. The van der Waals surface area contributed by atoms with Crippen LogP contribution in [-0.4, -0.2) is 28.3 Å². The lowest BCUT2D eigenvalue weighted by molar-refractivity contribution is -0.990. The Balaban J connectivity index is 2.21. The van der Waals surface area contributed by atoms with Gasteiger partial charge in [-0.1, -0.05) is 31.5 Å². The number of ether oxygens (including phenoxy) is 1. The van der Waals surface area contributed by atoms with Crippen LogP contribution in [-0.2, 0) is 4.79 Å². The zero-order valence-corrected chi connectivity index (χ0v) is 16.9. The highest BCUT2D eigenvalue weighted by molar-refractivity contribution is 5.93. The van der Waals surface area contributed by atoms with Gasteiger partial charge in [0.25, 0.3) is 0 Å².